The maximum absolute atomic E-state index is 5.56. The highest BCUT2D eigenvalue weighted by molar-refractivity contribution is 6.65. The Bertz CT molecular complexity index is 224. The second kappa shape index (κ2) is 3.37. The van der Waals surface area contributed by atoms with Crippen molar-refractivity contribution in [1.29, 1.82) is 0 Å². The van der Waals surface area contributed by atoms with E-state index in [1.807, 2.05) is 30.3 Å². The molecule has 1 aromatic rings. The molecular weight excluding hydrogens is 146 g/mol. The molecule has 52 valence electrons. The average molecular weight is 154 g/mol. The van der Waals surface area contributed by atoms with Crippen molar-refractivity contribution in [1.82, 2.24) is 0 Å². The first-order valence-electron chi connectivity index (χ1n) is 3.05. The number of para-hydroxylation sites is 1. The normalized spacial score (nSPS) is 11.6. The molecule has 0 saturated heterocycles. The predicted molar refractivity (Wildman–Crippen MR) is 45.1 cm³/mol. The molecule has 0 spiro atoms. The summed E-state index contributed by atoms with van der Waals surface area (Å²) in [6.45, 7) is 1.76. The first-order valence-corrected chi connectivity index (χ1v) is 3.42. The van der Waals surface area contributed by atoms with Gasteiger partial charge in [0.25, 0.3) is 0 Å². The van der Waals surface area contributed by atoms with Gasteiger partial charge in [-0.1, -0.05) is 29.8 Å². The standard InChI is InChI=1S/C8H8ClN/c1-7(9)10-8-5-3-2-4-6-8/h2-6H,1H3/b10-7+. The summed E-state index contributed by atoms with van der Waals surface area (Å²) in [6, 6.07) is 9.62. The van der Waals surface area contributed by atoms with E-state index in [2.05, 4.69) is 4.99 Å². The summed E-state index contributed by atoms with van der Waals surface area (Å²) in [5, 5.41) is 0.561. The summed E-state index contributed by atoms with van der Waals surface area (Å²) >= 11 is 5.56. The summed E-state index contributed by atoms with van der Waals surface area (Å²) in [6.07, 6.45) is 0. The summed E-state index contributed by atoms with van der Waals surface area (Å²) in [5.74, 6) is 0. The zero-order valence-electron chi connectivity index (χ0n) is 5.71. The van der Waals surface area contributed by atoms with E-state index in [0.29, 0.717) is 5.17 Å². The minimum atomic E-state index is 0.561. The van der Waals surface area contributed by atoms with Crippen LogP contribution in [-0.2, 0) is 0 Å². The van der Waals surface area contributed by atoms with Crippen molar-refractivity contribution >= 4 is 22.5 Å². The molecule has 1 aromatic carbocycles. The summed E-state index contributed by atoms with van der Waals surface area (Å²) in [4.78, 5) is 4.04. The zero-order chi connectivity index (χ0) is 7.40. The second-order valence-electron chi connectivity index (χ2n) is 1.94. The topological polar surface area (TPSA) is 12.4 Å². The maximum Gasteiger partial charge on any atom is 0.103 e. The molecule has 0 unspecified atom stereocenters. The first-order chi connectivity index (χ1) is 4.79. The van der Waals surface area contributed by atoms with Gasteiger partial charge in [0.15, 0.2) is 0 Å². The third-order valence-corrected chi connectivity index (χ3v) is 1.12. The first kappa shape index (κ1) is 7.29. The number of halogens is 1. The van der Waals surface area contributed by atoms with Gasteiger partial charge < -0.3 is 0 Å². The van der Waals surface area contributed by atoms with Crippen molar-refractivity contribution in [3.8, 4) is 0 Å². The Morgan fingerprint density at radius 3 is 2.40 bits per heavy atom. The van der Waals surface area contributed by atoms with Crippen LogP contribution in [0.25, 0.3) is 0 Å². The van der Waals surface area contributed by atoms with Crippen LogP contribution in [0.2, 0.25) is 0 Å². The number of rotatable bonds is 1. The molecule has 1 nitrogen and oxygen atoms in total. The monoisotopic (exact) mass is 153 g/mol. The van der Waals surface area contributed by atoms with Crippen LogP contribution >= 0.6 is 11.6 Å². The van der Waals surface area contributed by atoms with E-state index in [-0.39, 0.29) is 0 Å². The van der Waals surface area contributed by atoms with Crippen molar-refractivity contribution in [2.75, 3.05) is 0 Å². The molecule has 0 bridgehead atoms. The van der Waals surface area contributed by atoms with Gasteiger partial charge in [-0.05, 0) is 19.1 Å². The molecule has 0 aliphatic carbocycles. The Balaban J connectivity index is 2.87. The largest absolute Gasteiger partial charge is 0.242 e. The number of hydrogen-bond donors (Lipinski definition) is 0. The fourth-order valence-corrected chi connectivity index (χ4v) is 0.778. The molecule has 0 aliphatic heterocycles. The van der Waals surface area contributed by atoms with Crippen molar-refractivity contribution in [3.05, 3.63) is 30.3 Å². The number of nitrogens with zero attached hydrogens (tertiary/aromatic N) is 1. The Labute approximate surface area is 65.4 Å². The molecule has 0 atom stereocenters. The van der Waals surface area contributed by atoms with Gasteiger partial charge in [-0.2, -0.15) is 0 Å². The number of aliphatic imine (C=N–C) groups is 1. The highest BCUT2D eigenvalue weighted by Crippen LogP contribution is 2.10. The van der Waals surface area contributed by atoms with Crippen LogP contribution in [0.4, 0.5) is 5.69 Å². The number of benzene rings is 1. The minimum Gasteiger partial charge on any atom is -0.242 e. The van der Waals surface area contributed by atoms with E-state index in [1.54, 1.807) is 6.92 Å². The molecular formula is C8H8ClN. The van der Waals surface area contributed by atoms with Gasteiger partial charge in [0.2, 0.25) is 0 Å². The van der Waals surface area contributed by atoms with Crippen LogP contribution in [0.5, 0.6) is 0 Å². The molecule has 0 fully saturated rings. The molecule has 0 saturated carbocycles. The minimum absolute atomic E-state index is 0.561. The lowest BCUT2D eigenvalue weighted by atomic mass is 10.3. The fourth-order valence-electron chi connectivity index (χ4n) is 0.680. The zero-order valence-corrected chi connectivity index (χ0v) is 6.47. The van der Waals surface area contributed by atoms with Crippen molar-refractivity contribution < 1.29 is 0 Å². The van der Waals surface area contributed by atoms with Crippen molar-refractivity contribution in [2.24, 2.45) is 4.99 Å². The lowest BCUT2D eigenvalue weighted by Gasteiger charge is -1.89. The average Bonchev–Trinajstić information content (AvgIpc) is 1.88. The molecule has 1 rings (SSSR count). The van der Waals surface area contributed by atoms with E-state index < -0.39 is 0 Å². The van der Waals surface area contributed by atoms with Crippen LogP contribution < -0.4 is 0 Å². The van der Waals surface area contributed by atoms with Gasteiger partial charge in [0.1, 0.15) is 5.17 Å². The van der Waals surface area contributed by atoms with Crippen LogP contribution in [0.15, 0.2) is 35.3 Å². The van der Waals surface area contributed by atoms with Gasteiger partial charge in [0, 0.05) is 0 Å². The van der Waals surface area contributed by atoms with Crippen LogP contribution in [0.3, 0.4) is 0 Å². The molecule has 0 heterocycles. The van der Waals surface area contributed by atoms with Crippen molar-refractivity contribution in [3.63, 3.8) is 0 Å². The third-order valence-electron chi connectivity index (χ3n) is 1.04. The van der Waals surface area contributed by atoms with Gasteiger partial charge >= 0.3 is 0 Å². The van der Waals surface area contributed by atoms with Crippen LogP contribution in [0.1, 0.15) is 6.92 Å². The van der Waals surface area contributed by atoms with E-state index in [4.69, 9.17) is 11.6 Å². The lowest BCUT2D eigenvalue weighted by molar-refractivity contribution is 1.52. The fraction of sp³-hybridized carbons (Fsp3) is 0.125. The van der Waals surface area contributed by atoms with Crippen LogP contribution in [-0.4, -0.2) is 5.17 Å². The Morgan fingerprint density at radius 1 is 1.30 bits per heavy atom. The quantitative estimate of drug-likeness (QED) is 0.550. The van der Waals surface area contributed by atoms with Crippen molar-refractivity contribution in [2.45, 2.75) is 6.92 Å². The Morgan fingerprint density at radius 2 is 1.90 bits per heavy atom. The molecule has 0 aromatic heterocycles. The van der Waals surface area contributed by atoms with E-state index >= 15 is 0 Å². The molecule has 0 radical (unpaired) electrons. The third kappa shape index (κ3) is 2.19. The molecule has 0 aliphatic rings. The highest BCUT2D eigenvalue weighted by atomic mass is 35.5. The highest BCUT2D eigenvalue weighted by Gasteiger charge is 1.84. The van der Waals surface area contributed by atoms with Gasteiger partial charge in [-0.3, -0.25) is 0 Å². The van der Waals surface area contributed by atoms with E-state index in [0.717, 1.165) is 5.69 Å². The second-order valence-corrected chi connectivity index (χ2v) is 2.49. The summed E-state index contributed by atoms with van der Waals surface area (Å²) in [7, 11) is 0. The van der Waals surface area contributed by atoms with Gasteiger partial charge in [0.05, 0.1) is 5.69 Å². The lowest BCUT2D eigenvalue weighted by Crippen LogP contribution is -1.71. The Hall–Kier alpha value is -0.820. The predicted octanol–water partition coefficient (Wildman–Crippen LogP) is 2.98. The molecule has 0 amide bonds. The summed E-state index contributed by atoms with van der Waals surface area (Å²) in [5.41, 5.74) is 0.898. The molecule has 10 heavy (non-hydrogen) atoms. The van der Waals surface area contributed by atoms with Gasteiger partial charge in [-0.25, -0.2) is 4.99 Å². The number of hydrogen-bond acceptors (Lipinski definition) is 1. The molecule has 2 heteroatoms. The summed E-state index contributed by atoms with van der Waals surface area (Å²) < 4.78 is 0. The van der Waals surface area contributed by atoms with E-state index in [9.17, 15) is 0 Å². The van der Waals surface area contributed by atoms with E-state index in [1.165, 1.54) is 0 Å². The maximum atomic E-state index is 5.56. The van der Waals surface area contributed by atoms with Gasteiger partial charge in [-0.15, -0.1) is 0 Å². The smallest absolute Gasteiger partial charge is 0.103 e. The Kier molecular flexibility index (Phi) is 2.46. The molecule has 0 N–H and O–H groups in total. The SMILES string of the molecule is C/C(Cl)=N\c1ccccc1. The van der Waals surface area contributed by atoms with Crippen LogP contribution in [0, 0.1) is 0 Å².